The Labute approximate surface area is 113 Å². The van der Waals surface area contributed by atoms with Gasteiger partial charge in [0, 0.05) is 30.9 Å². The quantitative estimate of drug-likeness (QED) is 0.907. The zero-order valence-corrected chi connectivity index (χ0v) is 11.4. The molecular formula is C14H19N5. The van der Waals surface area contributed by atoms with Gasteiger partial charge in [-0.1, -0.05) is 12.1 Å². The minimum absolute atomic E-state index is 0.541. The monoisotopic (exact) mass is 257 g/mol. The van der Waals surface area contributed by atoms with Crippen molar-refractivity contribution in [3.63, 3.8) is 0 Å². The molecule has 2 heterocycles. The molecule has 0 radical (unpaired) electrons. The maximum atomic E-state index is 4.15. The number of rotatable bonds is 3. The third-order valence-corrected chi connectivity index (χ3v) is 3.59. The Morgan fingerprint density at radius 3 is 2.89 bits per heavy atom. The first-order valence-electron chi connectivity index (χ1n) is 6.62. The van der Waals surface area contributed by atoms with Gasteiger partial charge < -0.3 is 14.8 Å². The Bertz CT molecular complexity index is 562. The van der Waals surface area contributed by atoms with Crippen LogP contribution in [0.4, 0.5) is 5.69 Å². The lowest BCUT2D eigenvalue weighted by Gasteiger charge is -2.15. The van der Waals surface area contributed by atoms with E-state index in [0.29, 0.717) is 6.04 Å². The summed E-state index contributed by atoms with van der Waals surface area (Å²) in [7, 11) is 4.12. The predicted octanol–water partition coefficient (Wildman–Crippen LogP) is 1.60. The Hall–Kier alpha value is -1.88. The molecule has 19 heavy (non-hydrogen) atoms. The van der Waals surface area contributed by atoms with Crippen LogP contribution in [0.15, 0.2) is 30.6 Å². The summed E-state index contributed by atoms with van der Waals surface area (Å²) in [4.78, 5) is 2.35. The van der Waals surface area contributed by atoms with Crippen molar-refractivity contribution in [2.24, 2.45) is 7.05 Å². The molecule has 0 bridgehead atoms. The van der Waals surface area contributed by atoms with Crippen molar-refractivity contribution in [3.8, 4) is 11.4 Å². The second-order valence-corrected chi connectivity index (χ2v) is 5.24. The third-order valence-electron chi connectivity index (χ3n) is 3.59. The lowest BCUT2D eigenvalue weighted by Crippen LogP contribution is -2.23. The average Bonchev–Trinajstić information content (AvgIpc) is 2.99. The Morgan fingerprint density at radius 2 is 2.21 bits per heavy atom. The van der Waals surface area contributed by atoms with Crippen LogP contribution in [0.3, 0.4) is 0 Å². The fourth-order valence-corrected chi connectivity index (χ4v) is 2.58. The average molecular weight is 257 g/mol. The zero-order chi connectivity index (χ0) is 13.2. The van der Waals surface area contributed by atoms with Crippen LogP contribution in [-0.4, -0.2) is 45.8 Å². The van der Waals surface area contributed by atoms with Gasteiger partial charge in [0.25, 0.3) is 0 Å². The molecule has 1 fully saturated rings. The molecule has 1 atom stereocenters. The van der Waals surface area contributed by atoms with Crippen LogP contribution in [0.2, 0.25) is 0 Å². The summed E-state index contributed by atoms with van der Waals surface area (Å²) in [5.41, 5.74) is 2.25. The lowest BCUT2D eigenvalue weighted by atomic mass is 10.1. The van der Waals surface area contributed by atoms with Crippen molar-refractivity contribution in [1.82, 2.24) is 19.7 Å². The topological polar surface area (TPSA) is 46.0 Å². The number of likely N-dealkylation sites (N-methyl/N-ethyl adjacent to an activating group) is 1. The molecule has 1 aromatic heterocycles. The van der Waals surface area contributed by atoms with Gasteiger partial charge in [-0.05, 0) is 32.1 Å². The maximum absolute atomic E-state index is 4.15. The van der Waals surface area contributed by atoms with Crippen LogP contribution in [0, 0.1) is 0 Å². The van der Waals surface area contributed by atoms with E-state index in [1.807, 2.05) is 11.6 Å². The van der Waals surface area contributed by atoms with Crippen molar-refractivity contribution in [1.29, 1.82) is 0 Å². The summed E-state index contributed by atoms with van der Waals surface area (Å²) in [6, 6.07) is 8.92. The number of hydrogen-bond acceptors (Lipinski definition) is 4. The molecule has 5 heteroatoms. The molecule has 100 valence electrons. The van der Waals surface area contributed by atoms with Gasteiger partial charge in [-0.3, -0.25) is 0 Å². The van der Waals surface area contributed by atoms with E-state index in [1.165, 1.54) is 13.0 Å². The van der Waals surface area contributed by atoms with Crippen LogP contribution in [-0.2, 0) is 7.05 Å². The standard InChI is InChI=1S/C14H19N5/c1-18-7-6-13(9-18)16-12-5-3-4-11(8-12)14-17-15-10-19(14)2/h3-5,8,10,13,16H,6-7,9H2,1-2H3. The predicted molar refractivity (Wildman–Crippen MR) is 76.0 cm³/mol. The third kappa shape index (κ3) is 2.61. The van der Waals surface area contributed by atoms with E-state index in [1.54, 1.807) is 6.33 Å². The van der Waals surface area contributed by atoms with Gasteiger partial charge in [-0.15, -0.1) is 10.2 Å². The highest BCUT2D eigenvalue weighted by molar-refractivity contribution is 5.62. The molecule has 1 aliphatic heterocycles. The van der Waals surface area contributed by atoms with Crippen LogP contribution in [0.5, 0.6) is 0 Å². The van der Waals surface area contributed by atoms with Gasteiger partial charge in [0.05, 0.1) is 0 Å². The molecule has 1 aromatic carbocycles. The van der Waals surface area contributed by atoms with Gasteiger partial charge in [0.15, 0.2) is 5.82 Å². The largest absolute Gasteiger partial charge is 0.381 e. The van der Waals surface area contributed by atoms with Crippen molar-refractivity contribution in [2.75, 3.05) is 25.5 Å². The number of benzene rings is 1. The molecule has 0 spiro atoms. The molecule has 1 unspecified atom stereocenters. The van der Waals surface area contributed by atoms with Gasteiger partial charge in [-0.2, -0.15) is 0 Å². The SMILES string of the molecule is CN1CCC(Nc2cccc(-c3nncn3C)c2)C1. The highest BCUT2D eigenvalue weighted by atomic mass is 15.2. The number of anilines is 1. The maximum Gasteiger partial charge on any atom is 0.163 e. The van der Waals surface area contributed by atoms with Crippen molar-refractivity contribution < 1.29 is 0 Å². The summed E-state index contributed by atoms with van der Waals surface area (Å²) < 4.78 is 1.93. The molecule has 1 saturated heterocycles. The second kappa shape index (κ2) is 5.01. The zero-order valence-electron chi connectivity index (χ0n) is 11.4. The van der Waals surface area contributed by atoms with Crippen molar-refractivity contribution in [2.45, 2.75) is 12.5 Å². The molecule has 3 rings (SSSR count). The minimum Gasteiger partial charge on any atom is -0.381 e. The van der Waals surface area contributed by atoms with Crippen LogP contribution in [0.25, 0.3) is 11.4 Å². The minimum atomic E-state index is 0.541. The first-order valence-corrected chi connectivity index (χ1v) is 6.62. The number of likely N-dealkylation sites (tertiary alicyclic amines) is 1. The number of hydrogen-bond donors (Lipinski definition) is 1. The number of nitrogens with one attached hydrogen (secondary N) is 1. The number of aryl methyl sites for hydroxylation is 1. The highest BCUT2D eigenvalue weighted by Gasteiger charge is 2.19. The summed E-state index contributed by atoms with van der Waals surface area (Å²) in [5, 5.41) is 11.7. The van der Waals surface area contributed by atoms with E-state index in [4.69, 9.17) is 0 Å². The molecular weight excluding hydrogens is 238 g/mol. The fourth-order valence-electron chi connectivity index (χ4n) is 2.58. The van der Waals surface area contributed by atoms with Gasteiger partial charge in [0.1, 0.15) is 6.33 Å². The van der Waals surface area contributed by atoms with E-state index < -0.39 is 0 Å². The Morgan fingerprint density at radius 1 is 1.32 bits per heavy atom. The van der Waals surface area contributed by atoms with E-state index in [2.05, 4.69) is 51.7 Å². The highest BCUT2D eigenvalue weighted by Crippen LogP contribution is 2.22. The van der Waals surface area contributed by atoms with Crippen LogP contribution >= 0.6 is 0 Å². The Kier molecular flexibility index (Phi) is 3.21. The molecule has 1 aliphatic rings. The molecule has 0 amide bonds. The van der Waals surface area contributed by atoms with Crippen LogP contribution in [0.1, 0.15) is 6.42 Å². The number of aromatic nitrogens is 3. The summed E-state index contributed by atoms with van der Waals surface area (Å²) in [6.07, 6.45) is 2.92. The van der Waals surface area contributed by atoms with E-state index in [0.717, 1.165) is 23.6 Å². The first kappa shape index (κ1) is 12.2. The summed E-state index contributed by atoms with van der Waals surface area (Å²) >= 11 is 0. The van der Waals surface area contributed by atoms with E-state index >= 15 is 0 Å². The lowest BCUT2D eigenvalue weighted by molar-refractivity contribution is 0.414. The molecule has 0 aliphatic carbocycles. The van der Waals surface area contributed by atoms with Crippen LogP contribution < -0.4 is 5.32 Å². The smallest absolute Gasteiger partial charge is 0.163 e. The van der Waals surface area contributed by atoms with Gasteiger partial charge in [-0.25, -0.2) is 0 Å². The summed E-state index contributed by atoms with van der Waals surface area (Å²) in [6.45, 7) is 2.27. The summed E-state index contributed by atoms with van der Waals surface area (Å²) in [5.74, 6) is 0.896. The number of nitrogens with zero attached hydrogens (tertiary/aromatic N) is 4. The van der Waals surface area contributed by atoms with Crippen molar-refractivity contribution in [3.05, 3.63) is 30.6 Å². The van der Waals surface area contributed by atoms with Gasteiger partial charge in [0.2, 0.25) is 0 Å². The molecule has 0 saturated carbocycles. The Balaban J connectivity index is 1.79. The fraction of sp³-hybridized carbons (Fsp3) is 0.429. The molecule has 1 N–H and O–H groups in total. The molecule has 2 aromatic rings. The second-order valence-electron chi connectivity index (χ2n) is 5.24. The first-order chi connectivity index (χ1) is 9.22. The molecule has 5 nitrogen and oxygen atoms in total. The van der Waals surface area contributed by atoms with E-state index in [9.17, 15) is 0 Å². The van der Waals surface area contributed by atoms with E-state index in [-0.39, 0.29) is 0 Å². The normalized spacial score (nSPS) is 19.8. The van der Waals surface area contributed by atoms with Crippen molar-refractivity contribution >= 4 is 5.69 Å². The van der Waals surface area contributed by atoms with Gasteiger partial charge >= 0.3 is 0 Å².